The molecule has 0 N–H and O–H groups in total. The molecule has 0 aromatic heterocycles. The average Bonchev–Trinajstić information content (AvgIpc) is 2.53. The summed E-state index contributed by atoms with van der Waals surface area (Å²) in [5, 5.41) is 10.9. The molecule has 2 atom stereocenters. The second kappa shape index (κ2) is 6.07. The van der Waals surface area contributed by atoms with Crippen LogP contribution in [0.25, 0.3) is 0 Å². The summed E-state index contributed by atoms with van der Waals surface area (Å²) in [6.07, 6.45) is 6.25. The highest BCUT2D eigenvalue weighted by Gasteiger charge is 2.33. The van der Waals surface area contributed by atoms with Crippen LogP contribution in [0, 0.1) is 28.9 Å². The molecule has 0 radical (unpaired) electrons. The number of benzene rings is 1. The first-order chi connectivity index (χ1) is 10.6. The number of likely N-dealkylation sites (tertiary alicyclic amines) is 1. The van der Waals surface area contributed by atoms with Gasteiger partial charge < -0.3 is 4.90 Å². The molecule has 0 unspecified atom stereocenters. The molecule has 5 heteroatoms. The Morgan fingerprint density at radius 1 is 1.23 bits per heavy atom. The van der Waals surface area contributed by atoms with Crippen LogP contribution in [-0.2, 0) is 0 Å². The standard InChI is InChI=1S/C17H22N2O3/c1-12-10-14(6-7-16(12)19(21)22)17(20)18-9-8-13-4-2-3-5-15(13)11-18/h6-7,10,13,15H,2-5,8-9,11H2,1H3/t13-,15-/m0/s1. The minimum Gasteiger partial charge on any atom is -0.338 e. The number of aryl methyl sites for hydroxylation is 1. The van der Waals surface area contributed by atoms with E-state index in [0.717, 1.165) is 25.4 Å². The van der Waals surface area contributed by atoms with Gasteiger partial charge in [-0.1, -0.05) is 19.3 Å². The molecule has 118 valence electrons. The lowest BCUT2D eigenvalue weighted by Gasteiger charge is -2.41. The Balaban J connectivity index is 1.74. The second-order valence-electron chi connectivity index (χ2n) is 6.60. The highest BCUT2D eigenvalue weighted by atomic mass is 16.6. The molecule has 1 heterocycles. The highest BCUT2D eigenvalue weighted by Crippen LogP contribution is 2.36. The lowest BCUT2D eigenvalue weighted by atomic mass is 9.75. The monoisotopic (exact) mass is 302 g/mol. The molecule has 1 aromatic carbocycles. The van der Waals surface area contributed by atoms with Crippen LogP contribution in [0.2, 0.25) is 0 Å². The number of amides is 1. The van der Waals surface area contributed by atoms with Gasteiger partial charge in [-0.2, -0.15) is 0 Å². The van der Waals surface area contributed by atoms with Gasteiger partial charge in [0.05, 0.1) is 4.92 Å². The van der Waals surface area contributed by atoms with Gasteiger partial charge in [-0.05, 0) is 43.7 Å². The number of carbonyl (C=O) groups excluding carboxylic acids is 1. The summed E-state index contributed by atoms with van der Waals surface area (Å²) in [4.78, 5) is 25.1. The zero-order valence-electron chi connectivity index (χ0n) is 13.0. The van der Waals surface area contributed by atoms with Crippen molar-refractivity contribution < 1.29 is 9.72 Å². The molecule has 5 nitrogen and oxygen atoms in total. The van der Waals surface area contributed by atoms with Gasteiger partial charge in [0.15, 0.2) is 0 Å². The number of nitro groups is 1. The smallest absolute Gasteiger partial charge is 0.272 e. The van der Waals surface area contributed by atoms with Crippen molar-refractivity contribution in [2.24, 2.45) is 11.8 Å². The van der Waals surface area contributed by atoms with Crippen LogP contribution in [0.5, 0.6) is 0 Å². The van der Waals surface area contributed by atoms with Gasteiger partial charge in [-0.25, -0.2) is 0 Å². The molecule has 22 heavy (non-hydrogen) atoms. The van der Waals surface area contributed by atoms with E-state index < -0.39 is 4.92 Å². The molecular weight excluding hydrogens is 280 g/mol. The fourth-order valence-corrected chi connectivity index (χ4v) is 3.96. The number of nitrogens with zero attached hydrogens (tertiary/aromatic N) is 2. The van der Waals surface area contributed by atoms with Crippen molar-refractivity contribution in [2.45, 2.75) is 39.0 Å². The van der Waals surface area contributed by atoms with Gasteiger partial charge in [-0.3, -0.25) is 14.9 Å². The predicted octanol–water partition coefficient (Wildman–Crippen LogP) is 3.56. The second-order valence-corrected chi connectivity index (χ2v) is 6.60. The predicted molar refractivity (Wildman–Crippen MR) is 83.8 cm³/mol. The molecule has 1 aliphatic carbocycles. The molecule has 1 saturated heterocycles. The van der Waals surface area contributed by atoms with E-state index in [1.54, 1.807) is 19.1 Å². The first-order valence-electron chi connectivity index (χ1n) is 8.10. The Labute approximate surface area is 130 Å². The van der Waals surface area contributed by atoms with E-state index in [2.05, 4.69) is 0 Å². The van der Waals surface area contributed by atoms with E-state index in [0.29, 0.717) is 17.0 Å². The summed E-state index contributed by atoms with van der Waals surface area (Å²) in [6.45, 7) is 3.35. The van der Waals surface area contributed by atoms with Gasteiger partial charge in [0, 0.05) is 30.3 Å². The molecule has 0 spiro atoms. The normalized spacial score (nSPS) is 24.7. The third kappa shape index (κ3) is 2.85. The summed E-state index contributed by atoms with van der Waals surface area (Å²) in [5.74, 6) is 1.45. The SMILES string of the molecule is Cc1cc(C(=O)N2CC[C@@H]3CCCC[C@H]3C2)ccc1[N+](=O)[O-]. The van der Waals surface area contributed by atoms with E-state index in [-0.39, 0.29) is 11.6 Å². The number of hydrogen-bond donors (Lipinski definition) is 0. The van der Waals surface area contributed by atoms with Crippen molar-refractivity contribution in [2.75, 3.05) is 13.1 Å². The third-order valence-corrected chi connectivity index (χ3v) is 5.22. The largest absolute Gasteiger partial charge is 0.338 e. The van der Waals surface area contributed by atoms with Gasteiger partial charge in [0.25, 0.3) is 11.6 Å². The molecule has 2 fully saturated rings. The van der Waals surface area contributed by atoms with Gasteiger partial charge in [0.1, 0.15) is 0 Å². The Hall–Kier alpha value is -1.91. The third-order valence-electron chi connectivity index (χ3n) is 5.22. The summed E-state index contributed by atoms with van der Waals surface area (Å²) in [6, 6.07) is 4.67. The van der Waals surface area contributed by atoms with Crippen LogP contribution in [0.3, 0.4) is 0 Å². The molecule has 2 aliphatic rings. The Bertz CT molecular complexity index is 600. The first-order valence-corrected chi connectivity index (χ1v) is 8.10. The lowest BCUT2D eigenvalue weighted by molar-refractivity contribution is -0.385. The number of hydrogen-bond acceptors (Lipinski definition) is 3. The molecule has 1 amide bonds. The van der Waals surface area contributed by atoms with E-state index >= 15 is 0 Å². The average molecular weight is 302 g/mol. The maximum absolute atomic E-state index is 12.7. The molecule has 1 saturated carbocycles. The van der Waals surface area contributed by atoms with Gasteiger partial charge in [-0.15, -0.1) is 0 Å². The lowest BCUT2D eigenvalue weighted by Crippen LogP contribution is -2.44. The van der Waals surface area contributed by atoms with E-state index in [4.69, 9.17) is 0 Å². The van der Waals surface area contributed by atoms with Crippen LogP contribution < -0.4 is 0 Å². The van der Waals surface area contributed by atoms with Crippen molar-refractivity contribution in [3.63, 3.8) is 0 Å². The summed E-state index contributed by atoms with van der Waals surface area (Å²) in [7, 11) is 0. The molecule has 3 rings (SSSR count). The number of rotatable bonds is 2. The summed E-state index contributed by atoms with van der Waals surface area (Å²) in [5.41, 5.74) is 1.18. The topological polar surface area (TPSA) is 63.5 Å². The minimum atomic E-state index is -0.406. The quantitative estimate of drug-likeness (QED) is 0.620. The van der Waals surface area contributed by atoms with Gasteiger partial charge >= 0.3 is 0 Å². The number of piperidine rings is 1. The maximum Gasteiger partial charge on any atom is 0.272 e. The van der Waals surface area contributed by atoms with Crippen LogP contribution in [0.4, 0.5) is 5.69 Å². The van der Waals surface area contributed by atoms with Crippen LogP contribution >= 0.6 is 0 Å². The summed E-state index contributed by atoms with van der Waals surface area (Å²) >= 11 is 0. The van der Waals surface area contributed by atoms with Crippen LogP contribution in [0.15, 0.2) is 18.2 Å². The molecular formula is C17H22N2O3. The molecule has 0 bridgehead atoms. The van der Waals surface area contributed by atoms with E-state index in [1.165, 1.54) is 31.7 Å². The number of nitro benzene ring substituents is 1. The molecule has 1 aromatic rings. The van der Waals surface area contributed by atoms with Crippen molar-refractivity contribution in [3.05, 3.63) is 39.4 Å². The van der Waals surface area contributed by atoms with E-state index in [1.807, 2.05) is 4.90 Å². The van der Waals surface area contributed by atoms with Crippen molar-refractivity contribution in [3.8, 4) is 0 Å². The van der Waals surface area contributed by atoms with Crippen LogP contribution in [-0.4, -0.2) is 28.8 Å². The van der Waals surface area contributed by atoms with Crippen LogP contribution in [0.1, 0.15) is 48.0 Å². The fourth-order valence-electron chi connectivity index (χ4n) is 3.96. The van der Waals surface area contributed by atoms with Crippen molar-refractivity contribution in [1.29, 1.82) is 0 Å². The Morgan fingerprint density at radius 3 is 2.64 bits per heavy atom. The fraction of sp³-hybridized carbons (Fsp3) is 0.588. The Kier molecular flexibility index (Phi) is 4.14. The van der Waals surface area contributed by atoms with Gasteiger partial charge in [0.2, 0.25) is 0 Å². The first kappa shape index (κ1) is 15.0. The van der Waals surface area contributed by atoms with Crippen molar-refractivity contribution >= 4 is 11.6 Å². The minimum absolute atomic E-state index is 0.0158. The number of fused-ring (bicyclic) bond motifs is 1. The Morgan fingerprint density at radius 2 is 1.95 bits per heavy atom. The van der Waals surface area contributed by atoms with E-state index in [9.17, 15) is 14.9 Å². The number of carbonyl (C=O) groups is 1. The van der Waals surface area contributed by atoms with Crippen molar-refractivity contribution in [1.82, 2.24) is 4.90 Å². The zero-order valence-corrected chi connectivity index (χ0v) is 13.0. The highest BCUT2D eigenvalue weighted by molar-refractivity contribution is 5.94. The summed E-state index contributed by atoms with van der Waals surface area (Å²) < 4.78 is 0. The maximum atomic E-state index is 12.7. The zero-order chi connectivity index (χ0) is 15.7. The molecule has 1 aliphatic heterocycles.